The molecule has 1 aromatic carbocycles. The van der Waals surface area contributed by atoms with Crippen LogP contribution in [0.4, 0.5) is 4.39 Å². The minimum Gasteiger partial charge on any atom is -0.494 e. The van der Waals surface area contributed by atoms with E-state index in [9.17, 15) is 13.7 Å². The predicted molar refractivity (Wildman–Crippen MR) is 75.8 cm³/mol. The third-order valence-corrected chi connectivity index (χ3v) is 6.55. The Balaban J connectivity index is 1.77. The highest BCUT2D eigenvalue weighted by Gasteiger charge is 2.47. The average Bonchev–Trinajstić information content (AvgIpc) is 2.62. The zero-order chi connectivity index (χ0) is 14.3. The molecular formula is C15H19FO3S. The molecule has 2 atom stereocenters. The molecule has 5 heteroatoms. The Labute approximate surface area is 120 Å². The van der Waals surface area contributed by atoms with Gasteiger partial charge in [0.2, 0.25) is 0 Å². The number of ether oxygens (including phenoxy) is 1. The molecule has 1 aromatic rings. The van der Waals surface area contributed by atoms with Gasteiger partial charge in [0.25, 0.3) is 0 Å². The Morgan fingerprint density at radius 3 is 2.60 bits per heavy atom. The molecule has 2 bridgehead atoms. The number of aliphatic hydroxyl groups is 1. The molecule has 3 rings (SSSR count). The smallest absolute Gasteiger partial charge is 0.165 e. The molecule has 1 N–H and O–H groups in total. The summed E-state index contributed by atoms with van der Waals surface area (Å²) in [5.41, 5.74) is -0.0845. The fraction of sp³-hybridized carbons (Fsp3) is 0.600. The number of hydrogen-bond acceptors (Lipinski definition) is 3. The molecule has 2 heterocycles. The Hall–Kier alpha value is -0.940. The normalized spacial score (nSPS) is 36.0. The first-order chi connectivity index (χ1) is 9.50. The van der Waals surface area contributed by atoms with Crippen molar-refractivity contribution in [2.45, 2.75) is 48.2 Å². The van der Waals surface area contributed by atoms with Crippen LogP contribution in [-0.4, -0.2) is 32.5 Å². The number of fused-ring (bicyclic) bond motifs is 2. The first kappa shape index (κ1) is 14.0. The van der Waals surface area contributed by atoms with Gasteiger partial charge in [0.1, 0.15) is 0 Å². The van der Waals surface area contributed by atoms with Crippen molar-refractivity contribution in [3.05, 3.63) is 29.6 Å². The molecule has 0 amide bonds. The fourth-order valence-electron chi connectivity index (χ4n) is 3.52. The molecule has 110 valence electrons. The minimum atomic E-state index is -0.846. The summed E-state index contributed by atoms with van der Waals surface area (Å²) in [6.45, 7) is 0. The lowest BCUT2D eigenvalue weighted by Gasteiger charge is -2.36. The maximum atomic E-state index is 13.7. The van der Waals surface area contributed by atoms with Gasteiger partial charge < -0.3 is 9.84 Å². The van der Waals surface area contributed by atoms with Crippen molar-refractivity contribution in [3.63, 3.8) is 0 Å². The molecule has 3 nitrogen and oxygen atoms in total. The van der Waals surface area contributed by atoms with Gasteiger partial charge in [-0.25, -0.2) is 4.39 Å². The lowest BCUT2D eigenvalue weighted by molar-refractivity contribution is 0.0230. The minimum absolute atomic E-state index is 0.113. The van der Waals surface area contributed by atoms with Gasteiger partial charge in [-0.05, 0) is 43.4 Å². The summed E-state index contributed by atoms with van der Waals surface area (Å²) in [6.07, 6.45) is 3.42. The van der Waals surface area contributed by atoms with E-state index in [1.807, 2.05) is 0 Å². The van der Waals surface area contributed by atoms with Gasteiger partial charge in [0.15, 0.2) is 11.6 Å². The highest BCUT2D eigenvalue weighted by molar-refractivity contribution is 7.86. The molecule has 20 heavy (non-hydrogen) atoms. The van der Waals surface area contributed by atoms with Crippen molar-refractivity contribution >= 4 is 10.8 Å². The van der Waals surface area contributed by atoms with Crippen LogP contribution in [0.2, 0.25) is 0 Å². The highest BCUT2D eigenvalue weighted by atomic mass is 32.2. The van der Waals surface area contributed by atoms with E-state index in [-0.39, 0.29) is 16.2 Å². The topological polar surface area (TPSA) is 46.5 Å². The Morgan fingerprint density at radius 1 is 1.40 bits per heavy atom. The molecule has 2 fully saturated rings. The van der Waals surface area contributed by atoms with Gasteiger partial charge in [-0.15, -0.1) is 0 Å². The van der Waals surface area contributed by atoms with Crippen molar-refractivity contribution < 1.29 is 18.4 Å². The van der Waals surface area contributed by atoms with Crippen molar-refractivity contribution in [2.24, 2.45) is 0 Å². The van der Waals surface area contributed by atoms with E-state index < -0.39 is 22.2 Å². The van der Waals surface area contributed by atoms with Crippen LogP contribution in [0.3, 0.4) is 0 Å². The Kier molecular flexibility index (Phi) is 3.58. The lowest BCUT2D eigenvalue weighted by Crippen LogP contribution is -2.44. The van der Waals surface area contributed by atoms with Gasteiger partial charge >= 0.3 is 0 Å². The Bertz CT molecular complexity index is 530. The molecule has 2 unspecified atom stereocenters. The van der Waals surface area contributed by atoms with E-state index in [2.05, 4.69) is 0 Å². The van der Waals surface area contributed by atoms with Gasteiger partial charge in [-0.3, -0.25) is 4.21 Å². The van der Waals surface area contributed by atoms with E-state index in [1.54, 1.807) is 12.1 Å². The van der Waals surface area contributed by atoms with Gasteiger partial charge in [0.05, 0.1) is 12.7 Å². The van der Waals surface area contributed by atoms with Crippen LogP contribution in [0.25, 0.3) is 0 Å². The van der Waals surface area contributed by atoms with Gasteiger partial charge in [0, 0.05) is 27.7 Å². The number of hydrogen-bond donors (Lipinski definition) is 1. The quantitative estimate of drug-likeness (QED) is 0.930. The van der Waals surface area contributed by atoms with E-state index >= 15 is 0 Å². The largest absolute Gasteiger partial charge is 0.494 e. The summed E-state index contributed by atoms with van der Waals surface area (Å²) >= 11 is 0. The second-order valence-corrected chi connectivity index (χ2v) is 7.92. The summed E-state index contributed by atoms with van der Waals surface area (Å²) in [5.74, 6) is -0.193. The van der Waals surface area contributed by atoms with E-state index in [0.717, 1.165) is 18.4 Å². The van der Waals surface area contributed by atoms with Crippen LogP contribution < -0.4 is 4.74 Å². The summed E-state index contributed by atoms with van der Waals surface area (Å²) in [6, 6.07) is 4.79. The summed E-state index contributed by atoms with van der Waals surface area (Å²) in [5, 5.41) is 11.0. The molecule has 0 radical (unpaired) electrons. The predicted octanol–water partition coefficient (Wildman–Crippen LogP) is 2.18. The molecule has 0 spiro atoms. The maximum Gasteiger partial charge on any atom is 0.165 e. The number of halogens is 1. The molecule has 2 aliphatic rings. The third-order valence-electron chi connectivity index (χ3n) is 4.43. The monoisotopic (exact) mass is 298 g/mol. The van der Waals surface area contributed by atoms with Crippen molar-refractivity contribution in [3.8, 4) is 5.75 Å². The third kappa shape index (κ3) is 2.49. The molecule has 0 aliphatic carbocycles. The molecule has 2 aliphatic heterocycles. The summed E-state index contributed by atoms with van der Waals surface area (Å²) in [7, 11) is 0.644. The van der Waals surface area contributed by atoms with E-state index in [0.29, 0.717) is 19.3 Å². The molecule has 0 aromatic heterocycles. The van der Waals surface area contributed by atoms with Crippen molar-refractivity contribution in [1.29, 1.82) is 0 Å². The zero-order valence-corrected chi connectivity index (χ0v) is 12.3. The SMILES string of the molecule is COc1ccc(CC2(O)CC3CCC(C2)S3=O)cc1F. The summed E-state index contributed by atoms with van der Waals surface area (Å²) < 4.78 is 30.6. The zero-order valence-electron chi connectivity index (χ0n) is 11.5. The molecule has 0 saturated carbocycles. The second-order valence-electron chi connectivity index (χ2n) is 5.93. The van der Waals surface area contributed by atoms with Crippen LogP contribution in [-0.2, 0) is 17.2 Å². The second kappa shape index (κ2) is 5.11. The van der Waals surface area contributed by atoms with Crippen LogP contribution in [0.15, 0.2) is 18.2 Å². The molecule has 2 saturated heterocycles. The number of benzene rings is 1. The van der Waals surface area contributed by atoms with Gasteiger partial charge in [-0.2, -0.15) is 0 Å². The standard InChI is InChI=1S/C15H19FO3S/c1-19-14-5-2-10(6-13(14)16)7-15(17)8-11-3-4-12(9-15)20(11)18/h2,5-6,11-12,17H,3-4,7-9H2,1H3. The maximum absolute atomic E-state index is 13.7. The first-order valence-corrected chi connectivity index (χ1v) is 8.22. The highest BCUT2D eigenvalue weighted by Crippen LogP contribution is 2.42. The van der Waals surface area contributed by atoms with Crippen LogP contribution in [0, 0.1) is 5.82 Å². The van der Waals surface area contributed by atoms with Gasteiger partial charge in [-0.1, -0.05) is 6.07 Å². The summed E-state index contributed by atoms with van der Waals surface area (Å²) in [4.78, 5) is 0. The van der Waals surface area contributed by atoms with Crippen LogP contribution in [0.5, 0.6) is 5.75 Å². The van der Waals surface area contributed by atoms with Crippen molar-refractivity contribution in [2.75, 3.05) is 7.11 Å². The lowest BCUT2D eigenvalue weighted by atomic mass is 9.87. The van der Waals surface area contributed by atoms with E-state index in [4.69, 9.17) is 4.74 Å². The van der Waals surface area contributed by atoms with Crippen LogP contribution in [0.1, 0.15) is 31.2 Å². The first-order valence-electron chi connectivity index (χ1n) is 6.95. The van der Waals surface area contributed by atoms with E-state index in [1.165, 1.54) is 13.2 Å². The van der Waals surface area contributed by atoms with Crippen molar-refractivity contribution in [1.82, 2.24) is 0 Å². The number of rotatable bonds is 3. The molecular weight excluding hydrogens is 279 g/mol. The van der Waals surface area contributed by atoms with Crippen LogP contribution >= 0.6 is 0 Å². The Morgan fingerprint density at radius 2 is 2.05 bits per heavy atom. The number of methoxy groups -OCH3 is 1. The fourth-order valence-corrected chi connectivity index (χ4v) is 5.75. The average molecular weight is 298 g/mol.